The van der Waals surface area contributed by atoms with Gasteiger partial charge in [-0.1, -0.05) is 30.3 Å². The molecule has 1 unspecified atom stereocenters. The predicted molar refractivity (Wildman–Crippen MR) is 91.2 cm³/mol. The van der Waals surface area contributed by atoms with E-state index in [1.54, 1.807) is 6.26 Å². The molecule has 0 radical (unpaired) electrons. The zero-order valence-electron chi connectivity index (χ0n) is 13.8. The second-order valence-corrected chi connectivity index (χ2v) is 6.08. The van der Waals surface area contributed by atoms with Gasteiger partial charge in [0.1, 0.15) is 5.76 Å². The third kappa shape index (κ3) is 4.94. The Morgan fingerprint density at radius 2 is 2.04 bits per heavy atom. The van der Waals surface area contributed by atoms with Crippen LogP contribution < -0.4 is 5.32 Å². The quantitative estimate of drug-likeness (QED) is 0.809. The van der Waals surface area contributed by atoms with Gasteiger partial charge < -0.3 is 19.4 Å². The van der Waals surface area contributed by atoms with E-state index >= 15 is 0 Å². The number of hydrogen-bond acceptors (Lipinski definition) is 4. The molecule has 0 aliphatic carbocycles. The van der Waals surface area contributed by atoms with Crippen LogP contribution in [0.25, 0.3) is 0 Å². The van der Waals surface area contributed by atoms with Gasteiger partial charge in [-0.3, -0.25) is 4.79 Å². The Hall–Kier alpha value is -2.11. The molecule has 5 nitrogen and oxygen atoms in total. The summed E-state index contributed by atoms with van der Waals surface area (Å²) in [6.07, 6.45) is 4.06. The minimum Gasteiger partial charge on any atom is -0.467 e. The molecule has 1 aromatic carbocycles. The summed E-state index contributed by atoms with van der Waals surface area (Å²) in [5.74, 6) is 0.853. The summed E-state index contributed by atoms with van der Waals surface area (Å²) in [5, 5.41) is 3.23. The highest BCUT2D eigenvalue weighted by molar-refractivity contribution is 5.78. The Kier molecular flexibility index (Phi) is 6.04. The van der Waals surface area contributed by atoms with Crippen molar-refractivity contribution in [3.8, 4) is 0 Å². The highest BCUT2D eigenvalue weighted by Crippen LogP contribution is 2.12. The maximum Gasteiger partial charge on any atom is 0.237 e. The lowest BCUT2D eigenvalue weighted by molar-refractivity contribution is -0.131. The SMILES string of the molecule is O=C(CNCC1CCCO1)N(Cc1ccccc1)Cc1ccco1. The molecule has 1 saturated heterocycles. The third-order valence-corrected chi connectivity index (χ3v) is 4.17. The van der Waals surface area contributed by atoms with Crippen molar-refractivity contribution in [1.82, 2.24) is 10.2 Å². The number of nitrogens with zero attached hydrogens (tertiary/aromatic N) is 1. The average Bonchev–Trinajstić information content (AvgIpc) is 3.29. The number of carbonyl (C=O) groups excluding carboxylic acids is 1. The molecule has 2 aromatic rings. The summed E-state index contributed by atoms with van der Waals surface area (Å²) in [4.78, 5) is 14.4. The zero-order valence-corrected chi connectivity index (χ0v) is 13.8. The lowest BCUT2D eigenvalue weighted by Crippen LogP contribution is -2.39. The molecule has 1 aliphatic rings. The van der Waals surface area contributed by atoms with E-state index in [9.17, 15) is 4.79 Å². The molecule has 2 heterocycles. The predicted octanol–water partition coefficient (Wildman–Crippen LogP) is 2.58. The van der Waals surface area contributed by atoms with Gasteiger partial charge in [0.15, 0.2) is 0 Å². The fourth-order valence-corrected chi connectivity index (χ4v) is 2.88. The van der Waals surface area contributed by atoms with Crippen LogP contribution in [0.15, 0.2) is 53.1 Å². The van der Waals surface area contributed by atoms with E-state index in [1.165, 1.54) is 0 Å². The zero-order chi connectivity index (χ0) is 16.6. The number of rotatable bonds is 8. The first-order valence-corrected chi connectivity index (χ1v) is 8.47. The summed E-state index contributed by atoms with van der Waals surface area (Å²) < 4.78 is 11.0. The van der Waals surface area contributed by atoms with Gasteiger partial charge in [0.2, 0.25) is 5.91 Å². The highest BCUT2D eigenvalue weighted by atomic mass is 16.5. The molecule has 1 amide bonds. The van der Waals surface area contributed by atoms with Crippen LogP contribution in [-0.2, 0) is 22.6 Å². The van der Waals surface area contributed by atoms with Crippen molar-refractivity contribution in [3.05, 3.63) is 60.1 Å². The van der Waals surface area contributed by atoms with Crippen LogP contribution in [0.1, 0.15) is 24.2 Å². The van der Waals surface area contributed by atoms with Crippen molar-refractivity contribution in [2.75, 3.05) is 19.7 Å². The van der Waals surface area contributed by atoms with Crippen molar-refractivity contribution >= 4 is 5.91 Å². The minimum absolute atomic E-state index is 0.0632. The van der Waals surface area contributed by atoms with Crippen LogP contribution in [0.2, 0.25) is 0 Å². The van der Waals surface area contributed by atoms with Crippen molar-refractivity contribution in [1.29, 1.82) is 0 Å². The van der Waals surface area contributed by atoms with Gasteiger partial charge in [-0.25, -0.2) is 0 Å². The van der Waals surface area contributed by atoms with Crippen LogP contribution in [0.4, 0.5) is 0 Å². The molecule has 128 valence electrons. The molecule has 3 rings (SSSR count). The topological polar surface area (TPSA) is 54.7 Å². The number of nitrogens with one attached hydrogen (secondary N) is 1. The molecule has 1 aromatic heterocycles. The average molecular weight is 328 g/mol. The molecule has 0 spiro atoms. The van der Waals surface area contributed by atoms with Crippen LogP contribution in [0, 0.1) is 0 Å². The summed E-state index contributed by atoms with van der Waals surface area (Å²) in [7, 11) is 0. The maximum absolute atomic E-state index is 12.6. The Balaban J connectivity index is 1.56. The minimum atomic E-state index is 0.0632. The van der Waals surface area contributed by atoms with E-state index < -0.39 is 0 Å². The van der Waals surface area contributed by atoms with Gasteiger partial charge in [0, 0.05) is 19.7 Å². The van der Waals surface area contributed by atoms with E-state index in [4.69, 9.17) is 9.15 Å². The van der Waals surface area contributed by atoms with Crippen LogP contribution in [0.5, 0.6) is 0 Å². The first-order chi connectivity index (χ1) is 11.8. The molecule has 0 saturated carbocycles. The van der Waals surface area contributed by atoms with Crippen molar-refractivity contribution in [2.24, 2.45) is 0 Å². The van der Waals surface area contributed by atoms with E-state index in [1.807, 2.05) is 47.4 Å². The van der Waals surface area contributed by atoms with Crippen molar-refractivity contribution < 1.29 is 13.9 Å². The van der Waals surface area contributed by atoms with Crippen LogP contribution >= 0.6 is 0 Å². The number of hydrogen-bond donors (Lipinski definition) is 1. The fraction of sp³-hybridized carbons (Fsp3) is 0.421. The second kappa shape index (κ2) is 8.66. The molecule has 1 fully saturated rings. The summed E-state index contributed by atoms with van der Waals surface area (Å²) in [6, 6.07) is 13.7. The van der Waals surface area contributed by atoms with Gasteiger partial charge in [0.25, 0.3) is 0 Å². The molecule has 1 atom stereocenters. The van der Waals surface area contributed by atoms with Crippen molar-refractivity contribution in [2.45, 2.75) is 32.0 Å². The van der Waals surface area contributed by atoms with Crippen molar-refractivity contribution in [3.63, 3.8) is 0 Å². The third-order valence-electron chi connectivity index (χ3n) is 4.17. The summed E-state index contributed by atoms with van der Waals surface area (Å²) in [5.41, 5.74) is 1.11. The first kappa shape index (κ1) is 16.7. The van der Waals surface area contributed by atoms with Crippen LogP contribution in [-0.4, -0.2) is 36.6 Å². The van der Waals surface area contributed by atoms with Gasteiger partial charge in [-0.2, -0.15) is 0 Å². The molecule has 0 bridgehead atoms. The Bertz CT molecular complexity index is 607. The van der Waals surface area contributed by atoms with E-state index in [-0.39, 0.29) is 12.0 Å². The summed E-state index contributed by atoms with van der Waals surface area (Å²) in [6.45, 7) is 2.92. The molecule has 1 N–H and O–H groups in total. The lowest BCUT2D eigenvalue weighted by atomic mass is 10.2. The maximum atomic E-state index is 12.6. The number of furan rings is 1. The van der Waals surface area contributed by atoms with Gasteiger partial charge in [-0.05, 0) is 30.5 Å². The molecular formula is C19H24N2O3. The molecule has 1 aliphatic heterocycles. The number of ether oxygens (including phenoxy) is 1. The molecule has 24 heavy (non-hydrogen) atoms. The normalized spacial score (nSPS) is 17.1. The van der Waals surface area contributed by atoms with E-state index in [0.29, 0.717) is 19.6 Å². The van der Waals surface area contributed by atoms with Gasteiger partial charge in [0.05, 0.1) is 25.5 Å². The molecular weight excluding hydrogens is 304 g/mol. The Labute approximate surface area is 142 Å². The first-order valence-electron chi connectivity index (χ1n) is 8.47. The number of amides is 1. The Morgan fingerprint density at radius 3 is 2.75 bits per heavy atom. The smallest absolute Gasteiger partial charge is 0.237 e. The standard InChI is InChI=1S/C19H24N2O3/c22-19(13-20-12-17-8-4-10-23-17)21(15-18-9-5-11-24-18)14-16-6-2-1-3-7-16/h1-3,5-7,9,11,17,20H,4,8,10,12-15H2. The largest absolute Gasteiger partial charge is 0.467 e. The number of carbonyl (C=O) groups is 1. The second-order valence-electron chi connectivity index (χ2n) is 6.08. The monoisotopic (exact) mass is 328 g/mol. The van der Waals surface area contributed by atoms with Crippen LogP contribution in [0.3, 0.4) is 0 Å². The van der Waals surface area contributed by atoms with Gasteiger partial charge >= 0.3 is 0 Å². The fourth-order valence-electron chi connectivity index (χ4n) is 2.88. The lowest BCUT2D eigenvalue weighted by Gasteiger charge is -2.22. The van der Waals surface area contributed by atoms with Gasteiger partial charge in [-0.15, -0.1) is 0 Å². The Morgan fingerprint density at radius 1 is 1.17 bits per heavy atom. The summed E-state index contributed by atoms with van der Waals surface area (Å²) >= 11 is 0. The van der Waals surface area contributed by atoms with E-state index in [2.05, 4.69) is 5.32 Å². The van der Waals surface area contributed by atoms with E-state index in [0.717, 1.165) is 37.3 Å². The molecule has 5 heteroatoms. The number of benzene rings is 1. The highest BCUT2D eigenvalue weighted by Gasteiger charge is 2.18.